The molecule has 3 rings (SSSR count). The summed E-state index contributed by atoms with van der Waals surface area (Å²) in [7, 11) is 0. The summed E-state index contributed by atoms with van der Waals surface area (Å²) in [5.41, 5.74) is 5.63. The molecule has 1 heterocycles. The minimum absolute atomic E-state index is 0.0362. The lowest BCUT2D eigenvalue weighted by atomic mass is 9.84. The number of nitrogens with two attached hydrogens (primary N) is 1. The number of carbonyl (C=O) groups excluding carboxylic acids is 3. The van der Waals surface area contributed by atoms with Crippen molar-refractivity contribution in [2.75, 3.05) is 19.6 Å². The van der Waals surface area contributed by atoms with Gasteiger partial charge in [0.25, 0.3) is 5.91 Å². The van der Waals surface area contributed by atoms with Gasteiger partial charge in [-0.2, -0.15) is 0 Å². The summed E-state index contributed by atoms with van der Waals surface area (Å²) in [6.07, 6.45) is 0.162. The molecule has 0 spiro atoms. The van der Waals surface area contributed by atoms with E-state index in [9.17, 15) is 14.4 Å². The van der Waals surface area contributed by atoms with Crippen molar-refractivity contribution in [2.45, 2.75) is 18.4 Å². The molecule has 0 aromatic heterocycles. The highest BCUT2D eigenvalue weighted by Crippen LogP contribution is 2.23. The molecule has 0 radical (unpaired) electrons. The molecule has 1 saturated heterocycles. The van der Waals surface area contributed by atoms with Crippen molar-refractivity contribution >= 4 is 17.6 Å². The van der Waals surface area contributed by atoms with Crippen molar-refractivity contribution in [2.24, 2.45) is 5.73 Å². The van der Waals surface area contributed by atoms with Crippen molar-refractivity contribution in [3.8, 4) is 0 Å². The molecular formula is C21H23N3O3. The van der Waals surface area contributed by atoms with Gasteiger partial charge < -0.3 is 16.0 Å². The van der Waals surface area contributed by atoms with E-state index in [1.165, 1.54) is 4.90 Å². The first-order valence-electron chi connectivity index (χ1n) is 8.96. The Morgan fingerprint density at radius 2 is 1.48 bits per heavy atom. The molecule has 27 heavy (non-hydrogen) atoms. The van der Waals surface area contributed by atoms with Gasteiger partial charge in [-0.05, 0) is 11.1 Å². The van der Waals surface area contributed by atoms with Crippen LogP contribution in [-0.4, -0.2) is 47.7 Å². The Labute approximate surface area is 158 Å². The number of rotatable bonds is 6. The quantitative estimate of drug-likeness (QED) is 0.737. The van der Waals surface area contributed by atoms with Gasteiger partial charge in [0.05, 0.1) is 6.42 Å². The van der Waals surface area contributed by atoms with Gasteiger partial charge in [-0.1, -0.05) is 60.7 Å². The molecule has 1 fully saturated rings. The van der Waals surface area contributed by atoms with E-state index >= 15 is 0 Å². The van der Waals surface area contributed by atoms with Crippen molar-refractivity contribution in [3.05, 3.63) is 71.8 Å². The number of primary amides is 1. The number of piperazine rings is 1. The summed E-state index contributed by atoms with van der Waals surface area (Å²) in [6, 6.07) is 18.4. The number of carbonyl (C=O) groups is 3. The number of hydrogen-bond donors (Lipinski definition) is 2. The van der Waals surface area contributed by atoms with Crippen LogP contribution >= 0.6 is 0 Å². The normalized spacial score (nSPS) is 19.5. The number of benzene rings is 2. The third-order valence-corrected chi connectivity index (χ3v) is 4.93. The molecule has 1 aliphatic rings. The Bertz CT molecular complexity index is 823. The number of hydrogen-bond acceptors (Lipinski definition) is 4. The molecule has 6 heteroatoms. The summed E-state index contributed by atoms with van der Waals surface area (Å²) in [5, 5.41) is 3.06. The zero-order valence-electron chi connectivity index (χ0n) is 15.1. The fourth-order valence-corrected chi connectivity index (χ4v) is 3.48. The van der Waals surface area contributed by atoms with Crippen LogP contribution < -0.4 is 11.1 Å². The van der Waals surface area contributed by atoms with E-state index in [2.05, 4.69) is 5.32 Å². The summed E-state index contributed by atoms with van der Waals surface area (Å²) >= 11 is 0. The fraction of sp³-hybridized carbons (Fsp3) is 0.286. The second kappa shape index (κ2) is 8.14. The third kappa shape index (κ3) is 3.90. The van der Waals surface area contributed by atoms with Gasteiger partial charge in [-0.15, -0.1) is 0 Å². The number of nitrogens with zero attached hydrogens (tertiary/aromatic N) is 1. The van der Waals surface area contributed by atoms with Gasteiger partial charge in [0.15, 0.2) is 11.3 Å². The summed E-state index contributed by atoms with van der Waals surface area (Å²) in [5.74, 6) is -1.44. The first-order valence-corrected chi connectivity index (χ1v) is 8.96. The lowest BCUT2D eigenvalue weighted by Gasteiger charge is -2.44. The average molecular weight is 365 g/mol. The monoisotopic (exact) mass is 365 g/mol. The molecule has 6 nitrogen and oxygen atoms in total. The molecule has 140 valence electrons. The predicted octanol–water partition coefficient (Wildman–Crippen LogP) is 0.697. The van der Waals surface area contributed by atoms with Crippen LogP contribution in [0.2, 0.25) is 0 Å². The Hall–Kier alpha value is -2.99. The smallest absolute Gasteiger partial charge is 0.252 e. The maximum Gasteiger partial charge on any atom is 0.252 e. The molecule has 1 unspecified atom stereocenters. The standard InChI is InChI=1S/C21H23N3O3/c22-20(27)21(18(25)13-16-7-3-1-4-8-16)15-23-11-12-24(21)19(26)14-17-9-5-2-6-10-17/h1-10,23H,11-15H2,(H2,22,27). The first kappa shape index (κ1) is 18.8. The summed E-state index contributed by atoms with van der Waals surface area (Å²) in [4.78, 5) is 40.0. The first-order chi connectivity index (χ1) is 13.0. The number of nitrogens with one attached hydrogen (secondary N) is 1. The van der Waals surface area contributed by atoms with Gasteiger partial charge in [0.1, 0.15) is 0 Å². The van der Waals surface area contributed by atoms with E-state index in [0.29, 0.717) is 6.54 Å². The minimum atomic E-state index is -1.67. The molecule has 0 bridgehead atoms. The highest BCUT2D eigenvalue weighted by Gasteiger charge is 2.52. The summed E-state index contributed by atoms with van der Waals surface area (Å²) in [6.45, 7) is 0.803. The second-order valence-corrected chi connectivity index (χ2v) is 6.69. The van der Waals surface area contributed by atoms with E-state index in [0.717, 1.165) is 11.1 Å². The van der Waals surface area contributed by atoms with E-state index < -0.39 is 11.4 Å². The van der Waals surface area contributed by atoms with E-state index in [1.807, 2.05) is 60.7 Å². The molecule has 1 aliphatic heterocycles. The second-order valence-electron chi connectivity index (χ2n) is 6.69. The zero-order chi connectivity index (χ0) is 19.3. The maximum atomic E-state index is 13.2. The van der Waals surface area contributed by atoms with Crippen LogP contribution in [0, 0.1) is 0 Å². The van der Waals surface area contributed by atoms with Crippen molar-refractivity contribution in [1.82, 2.24) is 10.2 Å². The third-order valence-electron chi connectivity index (χ3n) is 4.93. The molecule has 1 atom stereocenters. The average Bonchev–Trinajstić information content (AvgIpc) is 2.69. The van der Waals surface area contributed by atoms with Gasteiger partial charge in [0.2, 0.25) is 5.91 Å². The maximum absolute atomic E-state index is 13.2. The molecule has 2 aromatic carbocycles. The predicted molar refractivity (Wildman–Crippen MR) is 102 cm³/mol. The van der Waals surface area contributed by atoms with Gasteiger partial charge in [0, 0.05) is 26.1 Å². The molecule has 3 N–H and O–H groups in total. The van der Waals surface area contributed by atoms with Crippen LogP contribution in [-0.2, 0) is 27.2 Å². The van der Waals surface area contributed by atoms with Crippen molar-refractivity contribution < 1.29 is 14.4 Å². The number of amides is 2. The Morgan fingerprint density at radius 1 is 0.926 bits per heavy atom. The Balaban J connectivity index is 1.89. The number of Topliss-reactive ketones (excluding diaryl/α,β-unsaturated/α-hetero) is 1. The Kier molecular flexibility index (Phi) is 5.66. The van der Waals surface area contributed by atoms with Crippen LogP contribution in [0.4, 0.5) is 0 Å². The molecule has 0 saturated carbocycles. The molecule has 0 aliphatic carbocycles. The van der Waals surface area contributed by atoms with Crippen LogP contribution in [0.25, 0.3) is 0 Å². The van der Waals surface area contributed by atoms with Gasteiger partial charge in [-0.3, -0.25) is 14.4 Å². The van der Waals surface area contributed by atoms with E-state index in [-0.39, 0.29) is 37.6 Å². The largest absolute Gasteiger partial charge is 0.367 e. The minimum Gasteiger partial charge on any atom is -0.367 e. The lowest BCUT2D eigenvalue weighted by Crippen LogP contribution is -2.72. The number of ketones is 1. The highest BCUT2D eigenvalue weighted by atomic mass is 16.2. The van der Waals surface area contributed by atoms with Gasteiger partial charge >= 0.3 is 0 Å². The van der Waals surface area contributed by atoms with Crippen LogP contribution in [0.5, 0.6) is 0 Å². The highest BCUT2D eigenvalue weighted by molar-refractivity contribution is 6.13. The van der Waals surface area contributed by atoms with E-state index in [4.69, 9.17) is 5.73 Å². The topological polar surface area (TPSA) is 92.5 Å². The zero-order valence-corrected chi connectivity index (χ0v) is 15.1. The molecular weight excluding hydrogens is 342 g/mol. The van der Waals surface area contributed by atoms with Crippen LogP contribution in [0.15, 0.2) is 60.7 Å². The SMILES string of the molecule is NC(=O)C1(C(=O)Cc2ccccc2)CNCCN1C(=O)Cc1ccccc1. The summed E-state index contributed by atoms with van der Waals surface area (Å²) < 4.78 is 0. The van der Waals surface area contributed by atoms with Crippen LogP contribution in [0.1, 0.15) is 11.1 Å². The fourth-order valence-electron chi connectivity index (χ4n) is 3.48. The molecule has 2 amide bonds. The van der Waals surface area contributed by atoms with E-state index in [1.54, 1.807) is 0 Å². The Morgan fingerprint density at radius 3 is 2.04 bits per heavy atom. The van der Waals surface area contributed by atoms with Gasteiger partial charge in [-0.25, -0.2) is 0 Å². The van der Waals surface area contributed by atoms with Crippen LogP contribution in [0.3, 0.4) is 0 Å². The van der Waals surface area contributed by atoms with Crippen molar-refractivity contribution in [3.63, 3.8) is 0 Å². The van der Waals surface area contributed by atoms with Crippen molar-refractivity contribution in [1.29, 1.82) is 0 Å². The lowest BCUT2D eigenvalue weighted by molar-refractivity contribution is -0.155. The molecule has 2 aromatic rings.